The van der Waals surface area contributed by atoms with Crippen LogP contribution in [0.2, 0.25) is 5.02 Å². The molecule has 2 aromatic rings. The minimum atomic E-state index is -0.336. The van der Waals surface area contributed by atoms with Crippen molar-refractivity contribution in [2.75, 3.05) is 38.8 Å². The minimum Gasteiger partial charge on any atom is -0.492 e. The molecule has 0 heterocycles. The number of para-hydroxylation sites is 2. The number of ether oxygens (including phenoxy) is 3. The number of hydrogen-bond acceptors (Lipinski definition) is 4. The van der Waals surface area contributed by atoms with E-state index >= 15 is 0 Å². The Labute approximate surface area is 152 Å². The largest absolute Gasteiger partial charge is 0.492 e. The zero-order valence-corrected chi connectivity index (χ0v) is 14.7. The summed E-state index contributed by atoms with van der Waals surface area (Å²) in [5.41, 5.74) is 0.590. The molecule has 7 heteroatoms. The SMILES string of the molecule is COCCOc1ccccc1NC(=O)NCCOc1cccc(Cl)c1. The quantitative estimate of drug-likeness (QED) is 0.667. The van der Waals surface area contributed by atoms with Crippen LogP contribution in [-0.4, -0.2) is 39.5 Å². The molecular formula is C18H21ClN2O4. The maximum absolute atomic E-state index is 12.0. The second-order valence-corrected chi connectivity index (χ2v) is 5.46. The van der Waals surface area contributed by atoms with E-state index < -0.39 is 0 Å². The van der Waals surface area contributed by atoms with Crippen molar-refractivity contribution in [3.63, 3.8) is 0 Å². The predicted octanol–water partition coefficient (Wildman–Crippen LogP) is 3.57. The topological polar surface area (TPSA) is 68.8 Å². The van der Waals surface area contributed by atoms with Crippen molar-refractivity contribution in [1.82, 2.24) is 5.32 Å². The van der Waals surface area contributed by atoms with E-state index in [1.807, 2.05) is 12.1 Å². The van der Waals surface area contributed by atoms with Crippen molar-refractivity contribution >= 4 is 23.3 Å². The zero-order valence-electron chi connectivity index (χ0n) is 14.0. The maximum atomic E-state index is 12.0. The summed E-state index contributed by atoms with van der Waals surface area (Å²) in [5.74, 6) is 1.25. The summed E-state index contributed by atoms with van der Waals surface area (Å²) in [7, 11) is 1.60. The Balaban J connectivity index is 1.74. The molecule has 2 amide bonds. The number of carbonyl (C=O) groups excluding carboxylic acids is 1. The fraction of sp³-hybridized carbons (Fsp3) is 0.278. The fourth-order valence-electron chi connectivity index (χ4n) is 1.99. The number of amides is 2. The van der Waals surface area contributed by atoms with Gasteiger partial charge < -0.3 is 24.8 Å². The number of anilines is 1. The molecule has 0 bridgehead atoms. The molecule has 0 saturated carbocycles. The maximum Gasteiger partial charge on any atom is 0.319 e. The summed E-state index contributed by atoms with van der Waals surface area (Å²) in [6.45, 7) is 1.57. The van der Waals surface area contributed by atoms with E-state index in [2.05, 4.69) is 10.6 Å². The van der Waals surface area contributed by atoms with Gasteiger partial charge in [-0.1, -0.05) is 29.8 Å². The third-order valence-corrected chi connectivity index (χ3v) is 3.37. The van der Waals surface area contributed by atoms with Crippen LogP contribution in [0, 0.1) is 0 Å². The standard InChI is InChI=1S/C18H21ClN2O4/c1-23-11-12-25-17-8-3-2-7-16(17)21-18(22)20-9-10-24-15-6-4-5-14(19)13-15/h2-8,13H,9-12H2,1H3,(H2,20,21,22). The number of methoxy groups -OCH3 is 1. The molecule has 2 rings (SSSR count). The van der Waals surface area contributed by atoms with Crippen LogP contribution in [0.15, 0.2) is 48.5 Å². The first-order valence-corrected chi connectivity index (χ1v) is 8.21. The highest BCUT2D eigenvalue weighted by Crippen LogP contribution is 2.23. The van der Waals surface area contributed by atoms with E-state index in [1.54, 1.807) is 43.5 Å². The molecule has 0 fully saturated rings. The first kappa shape index (κ1) is 18.9. The number of rotatable bonds is 9. The minimum absolute atomic E-state index is 0.333. The Bertz CT molecular complexity index is 682. The number of carbonyl (C=O) groups is 1. The third-order valence-electron chi connectivity index (χ3n) is 3.13. The van der Waals surface area contributed by atoms with Crippen molar-refractivity contribution < 1.29 is 19.0 Å². The van der Waals surface area contributed by atoms with Crippen LogP contribution in [-0.2, 0) is 4.74 Å². The molecule has 0 unspecified atom stereocenters. The van der Waals surface area contributed by atoms with Gasteiger partial charge in [-0.2, -0.15) is 0 Å². The van der Waals surface area contributed by atoms with Crippen molar-refractivity contribution in [2.45, 2.75) is 0 Å². The predicted molar refractivity (Wildman–Crippen MR) is 97.8 cm³/mol. The average molecular weight is 365 g/mol. The summed E-state index contributed by atoms with van der Waals surface area (Å²) >= 11 is 5.88. The Morgan fingerprint density at radius 1 is 1.04 bits per heavy atom. The van der Waals surface area contributed by atoms with Crippen LogP contribution in [0.25, 0.3) is 0 Å². The molecule has 2 aromatic carbocycles. The van der Waals surface area contributed by atoms with Crippen LogP contribution in [0.3, 0.4) is 0 Å². The van der Waals surface area contributed by atoms with Gasteiger partial charge >= 0.3 is 6.03 Å². The Morgan fingerprint density at radius 3 is 2.68 bits per heavy atom. The summed E-state index contributed by atoms with van der Waals surface area (Å²) in [6.07, 6.45) is 0. The van der Waals surface area contributed by atoms with Crippen molar-refractivity contribution in [1.29, 1.82) is 0 Å². The number of benzene rings is 2. The van der Waals surface area contributed by atoms with Gasteiger partial charge in [-0.05, 0) is 30.3 Å². The highest BCUT2D eigenvalue weighted by atomic mass is 35.5. The molecule has 0 aliphatic carbocycles. The second-order valence-electron chi connectivity index (χ2n) is 5.02. The number of halogens is 1. The number of hydrogen-bond donors (Lipinski definition) is 2. The lowest BCUT2D eigenvalue weighted by atomic mass is 10.3. The van der Waals surface area contributed by atoms with Gasteiger partial charge in [-0.15, -0.1) is 0 Å². The van der Waals surface area contributed by atoms with Crippen LogP contribution < -0.4 is 20.1 Å². The van der Waals surface area contributed by atoms with Gasteiger partial charge in [0.05, 0.1) is 18.8 Å². The third kappa shape index (κ3) is 6.91. The van der Waals surface area contributed by atoms with E-state index in [0.29, 0.717) is 48.6 Å². The van der Waals surface area contributed by atoms with E-state index in [9.17, 15) is 4.79 Å². The monoisotopic (exact) mass is 364 g/mol. The lowest BCUT2D eigenvalue weighted by Crippen LogP contribution is -2.32. The normalized spacial score (nSPS) is 10.2. The molecule has 2 N–H and O–H groups in total. The lowest BCUT2D eigenvalue weighted by Gasteiger charge is -2.13. The highest BCUT2D eigenvalue weighted by Gasteiger charge is 2.07. The van der Waals surface area contributed by atoms with Crippen LogP contribution in [0.4, 0.5) is 10.5 Å². The summed E-state index contributed by atoms with van der Waals surface area (Å²) < 4.78 is 16.0. The Hall–Kier alpha value is -2.44. The smallest absolute Gasteiger partial charge is 0.319 e. The molecule has 0 aromatic heterocycles. The van der Waals surface area contributed by atoms with E-state index in [-0.39, 0.29) is 6.03 Å². The van der Waals surface area contributed by atoms with Gasteiger partial charge in [0, 0.05) is 12.1 Å². The molecule has 0 aliphatic rings. The lowest BCUT2D eigenvalue weighted by molar-refractivity contribution is 0.146. The van der Waals surface area contributed by atoms with Gasteiger partial charge in [0.15, 0.2) is 0 Å². The number of urea groups is 1. The Morgan fingerprint density at radius 2 is 1.88 bits per heavy atom. The van der Waals surface area contributed by atoms with Crippen molar-refractivity contribution in [3.05, 3.63) is 53.6 Å². The van der Waals surface area contributed by atoms with Gasteiger partial charge in [0.25, 0.3) is 0 Å². The molecule has 134 valence electrons. The summed E-state index contributed by atoms with van der Waals surface area (Å²) in [5, 5.41) is 6.08. The van der Waals surface area contributed by atoms with E-state index in [1.165, 1.54) is 0 Å². The molecule has 0 radical (unpaired) electrons. The average Bonchev–Trinajstić information content (AvgIpc) is 2.60. The number of nitrogens with one attached hydrogen (secondary N) is 2. The van der Waals surface area contributed by atoms with Crippen LogP contribution >= 0.6 is 11.6 Å². The molecule has 0 aliphatic heterocycles. The molecular weight excluding hydrogens is 344 g/mol. The molecule has 0 spiro atoms. The first-order chi connectivity index (χ1) is 12.2. The molecule has 0 saturated heterocycles. The van der Waals surface area contributed by atoms with Crippen molar-refractivity contribution in [3.8, 4) is 11.5 Å². The fourth-order valence-corrected chi connectivity index (χ4v) is 2.17. The summed E-state index contributed by atoms with van der Waals surface area (Å²) in [6, 6.07) is 14.0. The Kier molecular flexibility index (Phi) is 7.88. The summed E-state index contributed by atoms with van der Waals surface area (Å²) in [4.78, 5) is 12.0. The first-order valence-electron chi connectivity index (χ1n) is 7.83. The van der Waals surface area contributed by atoms with Gasteiger partial charge in [-0.25, -0.2) is 4.79 Å². The molecule has 0 atom stereocenters. The van der Waals surface area contributed by atoms with Gasteiger partial charge in [-0.3, -0.25) is 0 Å². The molecule has 6 nitrogen and oxygen atoms in total. The van der Waals surface area contributed by atoms with E-state index in [0.717, 1.165) is 0 Å². The van der Waals surface area contributed by atoms with E-state index in [4.69, 9.17) is 25.8 Å². The van der Waals surface area contributed by atoms with Gasteiger partial charge in [0.2, 0.25) is 0 Å². The second kappa shape index (κ2) is 10.4. The highest BCUT2D eigenvalue weighted by molar-refractivity contribution is 6.30. The zero-order chi connectivity index (χ0) is 17.9. The molecule has 25 heavy (non-hydrogen) atoms. The van der Waals surface area contributed by atoms with Gasteiger partial charge in [0.1, 0.15) is 24.7 Å². The van der Waals surface area contributed by atoms with Crippen molar-refractivity contribution in [2.24, 2.45) is 0 Å². The van der Waals surface area contributed by atoms with Crippen LogP contribution in [0.1, 0.15) is 0 Å². The van der Waals surface area contributed by atoms with Crippen LogP contribution in [0.5, 0.6) is 11.5 Å².